The molecule has 20 heavy (non-hydrogen) atoms. The zero-order valence-electron chi connectivity index (χ0n) is 12.2. The molecular formula is C13H21ClN2O3S. The maximum atomic E-state index is 12.2. The lowest BCUT2D eigenvalue weighted by Gasteiger charge is -2.19. The first-order valence-electron chi connectivity index (χ1n) is 6.47. The lowest BCUT2D eigenvalue weighted by molar-refractivity contribution is 0.0930. The van der Waals surface area contributed by atoms with Crippen molar-refractivity contribution in [3.8, 4) is 0 Å². The van der Waals surface area contributed by atoms with E-state index < -0.39 is 9.05 Å². The fraction of sp³-hybridized carbons (Fsp3) is 0.615. The molecule has 0 aliphatic rings. The Morgan fingerprint density at radius 2 is 2.00 bits per heavy atom. The highest BCUT2D eigenvalue weighted by atomic mass is 35.7. The Hall–Kier alpha value is -1.01. The maximum Gasteiger partial charge on any atom is 0.267 e. The van der Waals surface area contributed by atoms with Gasteiger partial charge in [-0.3, -0.25) is 4.79 Å². The average Bonchev–Trinajstić information content (AvgIpc) is 2.69. The second kappa shape index (κ2) is 6.18. The zero-order chi connectivity index (χ0) is 15.6. The second-order valence-corrected chi connectivity index (χ2v) is 8.50. The van der Waals surface area contributed by atoms with E-state index in [1.807, 2.05) is 27.7 Å². The van der Waals surface area contributed by atoms with Crippen LogP contribution in [-0.4, -0.2) is 25.4 Å². The van der Waals surface area contributed by atoms with Crippen molar-refractivity contribution in [2.45, 2.75) is 45.6 Å². The number of hydrogen-bond donors (Lipinski definition) is 1. The lowest BCUT2D eigenvalue weighted by atomic mass is 9.97. The van der Waals surface area contributed by atoms with Crippen molar-refractivity contribution >= 4 is 25.6 Å². The van der Waals surface area contributed by atoms with Gasteiger partial charge in [-0.25, -0.2) is 8.42 Å². The summed E-state index contributed by atoms with van der Waals surface area (Å²) in [6.45, 7) is 9.04. The van der Waals surface area contributed by atoms with Crippen LogP contribution in [0.1, 0.15) is 44.6 Å². The number of halogens is 1. The number of carbonyl (C=O) groups excluding carboxylic acids is 1. The van der Waals surface area contributed by atoms with Gasteiger partial charge in [0.2, 0.25) is 0 Å². The van der Waals surface area contributed by atoms with E-state index in [9.17, 15) is 13.2 Å². The van der Waals surface area contributed by atoms with Crippen LogP contribution in [0, 0.1) is 5.41 Å². The van der Waals surface area contributed by atoms with E-state index in [0.29, 0.717) is 18.8 Å². The van der Waals surface area contributed by atoms with Crippen LogP contribution < -0.4 is 5.32 Å². The van der Waals surface area contributed by atoms with Crippen LogP contribution in [0.25, 0.3) is 0 Å². The molecule has 0 aliphatic carbocycles. The van der Waals surface area contributed by atoms with E-state index in [4.69, 9.17) is 10.7 Å². The molecule has 0 aliphatic heterocycles. The average molecular weight is 321 g/mol. The lowest BCUT2D eigenvalue weighted by Crippen LogP contribution is -2.33. The summed E-state index contributed by atoms with van der Waals surface area (Å²) in [7, 11) is 1.50. The normalized spacial score (nSPS) is 12.4. The Labute approximate surface area is 124 Å². The Kier molecular flexibility index (Phi) is 5.27. The third-order valence-corrected chi connectivity index (χ3v) is 3.95. The van der Waals surface area contributed by atoms with Crippen molar-refractivity contribution < 1.29 is 13.2 Å². The van der Waals surface area contributed by atoms with Crippen LogP contribution in [0.15, 0.2) is 17.2 Å². The molecule has 0 bridgehead atoms. The van der Waals surface area contributed by atoms with E-state index in [1.54, 1.807) is 4.57 Å². The van der Waals surface area contributed by atoms with Gasteiger partial charge in [0, 0.05) is 30.0 Å². The van der Waals surface area contributed by atoms with Crippen LogP contribution >= 0.6 is 10.7 Å². The predicted octanol–water partition coefficient (Wildman–Crippen LogP) is 2.60. The highest BCUT2D eigenvalue weighted by Crippen LogP contribution is 2.19. The number of aromatic nitrogens is 1. The molecule has 0 saturated heterocycles. The van der Waals surface area contributed by atoms with Gasteiger partial charge >= 0.3 is 0 Å². The molecule has 114 valence electrons. The van der Waals surface area contributed by atoms with E-state index in [-0.39, 0.29) is 16.2 Å². The number of amides is 1. The molecule has 5 nitrogen and oxygen atoms in total. The molecule has 1 heterocycles. The monoisotopic (exact) mass is 320 g/mol. The maximum absolute atomic E-state index is 12.2. The Morgan fingerprint density at radius 3 is 2.45 bits per heavy atom. The van der Waals surface area contributed by atoms with Crippen LogP contribution in [0.5, 0.6) is 0 Å². The third-order valence-electron chi connectivity index (χ3n) is 2.63. The number of nitrogens with one attached hydrogen (secondary N) is 1. The van der Waals surface area contributed by atoms with Gasteiger partial charge in [0.05, 0.1) is 0 Å². The fourth-order valence-corrected chi connectivity index (χ4v) is 2.43. The standard InChI is InChI=1S/C13H21ClN2O3S/c1-5-6-16-8-10(20(14,18)19)7-11(16)12(17)15-9-13(2,3)4/h7-8H,5-6,9H2,1-4H3,(H,15,17). The third kappa shape index (κ3) is 4.83. The second-order valence-electron chi connectivity index (χ2n) is 5.94. The predicted molar refractivity (Wildman–Crippen MR) is 79.6 cm³/mol. The van der Waals surface area contributed by atoms with Gasteiger partial charge in [-0.15, -0.1) is 0 Å². The Bertz CT molecular complexity index is 585. The first-order valence-corrected chi connectivity index (χ1v) is 8.78. The van der Waals surface area contributed by atoms with Crippen molar-refractivity contribution in [1.82, 2.24) is 9.88 Å². The molecule has 0 spiro atoms. The number of nitrogens with zero attached hydrogens (tertiary/aromatic N) is 1. The van der Waals surface area contributed by atoms with Crippen LogP contribution in [0.2, 0.25) is 0 Å². The summed E-state index contributed by atoms with van der Waals surface area (Å²) in [5.74, 6) is -0.292. The first kappa shape index (κ1) is 17.0. The quantitative estimate of drug-likeness (QED) is 0.848. The highest BCUT2D eigenvalue weighted by molar-refractivity contribution is 8.13. The minimum Gasteiger partial charge on any atom is -0.350 e. The molecule has 1 N–H and O–H groups in total. The van der Waals surface area contributed by atoms with E-state index in [0.717, 1.165) is 6.42 Å². The number of hydrogen-bond acceptors (Lipinski definition) is 3. The molecule has 0 fully saturated rings. The van der Waals surface area contributed by atoms with Crippen molar-refractivity contribution in [3.63, 3.8) is 0 Å². The van der Waals surface area contributed by atoms with Gasteiger partial charge in [-0.05, 0) is 17.9 Å². The summed E-state index contributed by atoms with van der Waals surface area (Å²) in [6, 6.07) is 1.32. The van der Waals surface area contributed by atoms with Gasteiger partial charge in [0.25, 0.3) is 15.0 Å². The number of aryl methyl sites for hydroxylation is 1. The summed E-state index contributed by atoms with van der Waals surface area (Å²) in [5.41, 5.74) is 0.273. The molecule has 1 amide bonds. The molecule has 1 aromatic rings. The zero-order valence-corrected chi connectivity index (χ0v) is 13.8. The molecular weight excluding hydrogens is 300 g/mol. The molecule has 7 heteroatoms. The van der Waals surface area contributed by atoms with Crippen LogP contribution in [0.4, 0.5) is 0 Å². The van der Waals surface area contributed by atoms with Gasteiger partial charge in [0.1, 0.15) is 10.6 Å². The minimum atomic E-state index is -3.83. The van der Waals surface area contributed by atoms with Gasteiger partial charge in [0.15, 0.2) is 0 Å². The molecule has 0 atom stereocenters. The van der Waals surface area contributed by atoms with Gasteiger partial charge in [-0.1, -0.05) is 27.7 Å². The molecule has 0 aromatic carbocycles. The largest absolute Gasteiger partial charge is 0.350 e. The Morgan fingerprint density at radius 1 is 1.40 bits per heavy atom. The summed E-state index contributed by atoms with van der Waals surface area (Å²) >= 11 is 0. The molecule has 0 radical (unpaired) electrons. The SMILES string of the molecule is CCCn1cc(S(=O)(=O)Cl)cc1C(=O)NCC(C)(C)C. The van der Waals surface area contributed by atoms with E-state index in [1.165, 1.54) is 12.3 Å². The van der Waals surface area contributed by atoms with Crippen molar-refractivity contribution in [2.75, 3.05) is 6.54 Å². The summed E-state index contributed by atoms with van der Waals surface area (Å²) in [6.07, 6.45) is 2.19. The van der Waals surface area contributed by atoms with Crippen molar-refractivity contribution in [3.05, 3.63) is 18.0 Å². The molecule has 0 saturated carbocycles. The number of carbonyl (C=O) groups is 1. The van der Waals surface area contributed by atoms with Crippen molar-refractivity contribution in [1.29, 1.82) is 0 Å². The smallest absolute Gasteiger partial charge is 0.267 e. The number of rotatable bonds is 5. The molecule has 0 unspecified atom stereocenters. The van der Waals surface area contributed by atoms with Gasteiger partial charge < -0.3 is 9.88 Å². The van der Waals surface area contributed by atoms with Crippen molar-refractivity contribution in [2.24, 2.45) is 5.41 Å². The fourth-order valence-electron chi connectivity index (χ4n) is 1.67. The van der Waals surface area contributed by atoms with E-state index >= 15 is 0 Å². The van der Waals surface area contributed by atoms with E-state index in [2.05, 4.69) is 5.32 Å². The summed E-state index contributed by atoms with van der Waals surface area (Å²) in [5, 5.41) is 2.80. The topological polar surface area (TPSA) is 68.2 Å². The highest BCUT2D eigenvalue weighted by Gasteiger charge is 2.20. The van der Waals surface area contributed by atoms with Crippen LogP contribution in [0.3, 0.4) is 0 Å². The van der Waals surface area contributed by atoms with Gasteiger partial charge in [-0.2, -0.15) is 0 Å². The summed E-state index contributed by atoms with van der Waals surface area (Å²) < 4.78 is 24.3. The first-order chi connectivity index (χ1) is 9.04. The summed E-state index contributed by atoms with van der Waals surface area (Å²) in [4.78, 5) is 12.1. The van der Waals surface area contributed by atoms with Crippen LogP contribution in [-0.2, 0) is 15.6 Å². The molecule has 1 rings (SSSR count). The minimum absolute atomic E-state index is 0.0424. The molecule has 1 aromatic heterocycles. The Balaban J connectivity index is 3.03.